The summed E-state index contributed by atoms with van der Waals surface area (Å²) in [5, 5.41) is 15.6. The Morgan fingerprint density at radius 3 is 2.51 bits per heavy atom. The van der Waals surface area contributed by atoms with Gasteiger partial charge in [0.05, 0.1) is 18.5 Å². The van der Waals surface area contributed by atoms with Gasteiger partial charge in [0.15, 0.2) is 12.0 Å². The molecule has 2 aromatic heterocycles. The molecule has 2 N–H and O–H groups in total. The minimum absolute atomic E-state index is 0.420. The van der Waals surface area contributed by atoms with E-state index < -0.39 is 12.2 Å². The number of anilines is 1. The molecule has 1 aliphatic rings. The summed E-state index contributed by atoms with van der Waals surface area (Å²) in [6.45, 7) is 8.18. The molecule has 5 rings (SSSR count). The maximum absolute atomic E-state index is 13.1. The van der Waals surface area contributed by atoms with Gasteiger partial charge in [0.25, 0.3) is 0 Å². The molecule has 2 aromatic carbocycles. The zero-order valence-corrected chi connectivity index (χ0v) is 21.0. The van der Waals surface area contributed by atoms with Crippen LogP contribution in [0.25, 0.3) is 5.00 Å². The van der Waals surface area contributed by atoms with Crippen LogP contribution in [0.1, 0.15) is 44.9 Å². The van der Waals surface area contributed by atoms with E-state index in [0.29, 0.717) is 17.3 Å². The zero-order valence-electron chi connectivity index (χ0n) is 20.2. The highest BCUT2D eigenvalue weighted by molar-refractivity contribution is 7.15. The largest absolute Gasteiger partial charge is 0.495 e. The molecule has 1 unspecified atom stereocenters. The van der Waals surface area contributed by atoms with Crippen LogP contribution in [-0.4, -0.2) is 33.6 Å². The number of carbonyl (C=O) groups excluding carboxylic acids is 1. The van der Waals surface area contributed by atoms with Crippen LogP contribution < -0.4 is 15.4 Å². The van der Waals surface area contributed by atoms with Gasteiger partial charge in [0.2, 0.25) is 0 Å². The minimum atomic E-state index is -0.749. The number of urea groups is 1. The molecule has 3 heterocycles. The molecule has 0 radical (unpaired) electrons. The number of amides is 2. The van der Waals surface area contributed by atoms with E-state index in [4.69, 9.17) is 9.73 Å². The average Bonchev–Trinajstić information content (AvgIpc) is 3.32. The van der Waals surface area contributed by atoms with Crippen molar-refractivity contribution in [3.63, 3.8) is 0 Å². The van der Waals surface area contributed by atoms with E-state index in [2.05, 4.69) is 65.9 Å². The van der Waals surface area contributed by atoms with Crippen molar-refractivity contribution in [2.75, 3.05) is 12.4 Å². The molecule has 1 atom stereocenters. The number of thiophene rings is 1. The van der Waals surface area contributed by atoms with Crippen LogP contribution in [0.3, 0.4) is 0 Å². The number of aryl methyl sites for hydroxylation is 3. The number of nitrogens with zero attached hydrogens (tertiary/aromatic N) is 4. The average molecular weight is 487 g/mol. The van der Waals surface area contributed by atoms with Gasteiger partial charge < -0.3 is 15.4 Å². The molecule has 2 amide bonds. The molecule has 0 saturated carbocycles. The lowest BCUT2D eigenvalue weighted by Gasteiger charge is -2.16. The molecule has 9 heteroatoms. The lowest BCUT2D eigenvalue weighted by atomic mass is 9.99. The Morgan fingerprint density at radius 2 is 1.77 bits per heavy atom. The molecule has 0 aliphatic carbocycles. The van der Waals surface area contributed by atoms with Gasteiger partial charge in [-0.25, -0.2) is 4.79 Å². The van der Waals surface area contributed by atoms with Crippen molar-refractivity contribution in [3.05, 3.63) is 87.3 Å². The van der Waals surface area contributed by atoms with Gasteiger partial charge in [-0.1, -0.05) is 42.0 Å². The van der Waals surface area contributed by atoms with Gasteiger partial charge in [-0.3, -0.25) is 9.56 Å². The van der Waals surface area contributed by atoms with Crippen LogP contribution in [0.15, 0.2) is 53.5 Å². The quantitative estimate of drug-likeness (QED) is 0.412. The summed E-state index contributed by atoms with van der Waals surface area (Å²) < 4.78 is 7.36. The molecular weight excluding hydrogens is 460 g/mol. The Bertz CT molecular complexity index is 1450. The topological polar surface area (TPSA) is 93.4 Å². The highest BCUT2D eigenvalue weighted by Crippen LogP contribution is 2.38. The molecule has 1 aliphatic heterocycles. The molecular formula is C26H26N6O2S. The summed E-state index contributed by atoms with van der Waals surface area (Å²) in [4.78, 5) is 19.4. The summed E-state index contributed by atoms with van der Waals surface area (Å²) in [5.41, 5.74) is 5.71. The van der Waals surface area contributed by atoms with E-state index in [1.54, 1.807) is 30.6 Å². The summed E-state index contributed by atoms with van der Waals surface area (Å²) in [7, 11) is 1.57. The number of ether oxygens (including phenoxy) is 1. The van der Waals surface area contributed by atoms with Crippen molar-refractivity contribution in [3.8, 4) is 10.8 Å². The minimum Gasteiger partial charge on any atom is -0.495 e. The summed E-state index contributed by atoms with van der Waals surface area (Å²) >= 11 is 1.68. The van der Waals surface area contributed by atoms with E-state index >= 15 is 0 Å². The van der Waals surface area contributed by atoms with Crippen molar-refractivity contribution in [2.45, 2.75) is 33.9 Å². The lowest BCUT2D eigenvalue weighted by molar-refractivity contribution is 0.248. The van der Waals surface area contributed by atoms with E-state index in [-0.39, 0.29) is 0 Å². The number of benzene rings is 2. The molecule has 178 valence electrons. The van der Waals surface area contributed by atoms with Crippen LogP contribution in [0.5, 0.6) is 5.75 Å². The normalized spacial score (nSPS) is 14.4. The van der Waals surface area contributed by atoms with Crippen LogP contribution >= 0.6 is 11.3 Å². The summed E-state index contributed by atoms with van der Waals surface area (Å²) in [6.07, 6.45) is -0.749. The monoisotopic (exact) mass is 486 g/mol. The first-order valence-corrected chi connectivity index (χ1v) is 12.1. The smallest absolute Gasteiger partial charge is 0.321 e. The Morgan fingerprint density at radius 1 is 1.03 bits per heavy atom. The Balaban J connectivity index is 1.61. The Kier molecular flexibility index (Phi) is 5.86. The summed E-state index contributed by atoms with van der Waals surface area (Å²) in [5.74, 6) is 1.86. The van der Waals surface area contributed by atoms with Gasteiger partial charge in [0, 0.05) is 16.0 Å². The number of nitrogens with one attached hydrogen (secondary N) is 2. The zero-order chi connectivity index (χ0) is 24.7. The fraction of sp³-hybridized carbons (Fsp3) is 0.231. The number of methoxy groups -OCH3 is 1. The van der Waals surface area contributed by atoms with E-state index in [1.165, 1.54) is 10.4 Å². The predicted molar refractivity (Wildman–Crippen MR) is 138 cm³/mol. The predicted octanol–water partition coefficient (Wildman–Crippen LogP) is 5.24. The van der Waals surface area contributed by atoms with Crippen LogP contribution in [0.4, 0.5) is 10.5 Å². The van der Waals surface area contributed by atoms with Crippen molar-refractivity contribution in [2.24, 2.45) is 4.99 Å². The molecule has 8 nitrogen and oxygen atoms in total. The fourth-order valence-electron chi connectivity index (χ4n) is 4.16. The second-order valence-electron chi connectivity index (χ2n) is 8.45. The van der Waals surface area contributed by atoms with Crippen molar-refractivity contribution in [1.82, 2.24) is 20.1 Å². The van der Waals surface area contributed by atoms with Crippen LogP contribution in [0.2, 0.25) is 0 Å². The number of fused-ring (bicyclic) bond motifs is 3. The number of carbonyl (C=O) groups is 1. The second-order valence-corrected chi connectivity index (χ2v) is 9.65. The SMILES string of the molecule is COc1ccccc1NC(=O)NC1N=C(c2ccc(C)cc2)c2c(sc(C)c2C)-n2c(C)nnc21. The fourth-order valence-corrected chi connectivity index (χ4v) is 5.38. The maximum Gasteiger partial charge on any atom is 0.321 e. The molecule has 4 aromatic rings. The first-order chi connectivity index (χ1) is 16.9. The standard InChI is InChI=1S/C26H26N6O2S/c1-14-10-12-18(13-11-14)22-21-15(2)16(3)35-25(21)32-17(4)30-31-24(32)23(28-22)29-26(33)27-19-8-6-7-9-20(19)34-5/h6-13,23H,1-5H3,(H2,27,29,33). The number of aromatic nitrogens is 3. The molecule has 0 spiro atoms. The van der Waals surface area contributed by atoms with Gasteiger partial charge >= 0.3 is 6.03 Å². The molecule has 0 bridgehead atoms. The van der Waals surface area contributed by atoms with Crippen molar-refractivity contribution in [1.29, 1.82) is 0 Å². The number of rotatable bonds is 4. The van der Waals surface area contributed by atoms with Crippen molar-refractivity contribution < 1.29 is 9.53 Å². The number of hydrogen-bond donors (Lipinski definition) is 2. The van der Waals surface area contributed by atoms with Crippen LogP contribution in [0, 0.1) is 27.7 Å². The Hall–Kier alpha value is -3.98. The molecule has 0 saturated heterocycles. The lowest BCUT2D eigenvalue weighted by Crippen LogP contribution is -2.33. The van der Waals surface area contributed by atoms with Crippen LogP contribution in [-0.2, 0) is 0 Å². The number of aliphatic imine (C=N–C) groups is 1. The van der Waals surface area contributed by atoms with Crippen molar-refractivity contribution >= 4 is 28.8 Å². The maximum atomic E-state index is 13.1. The third-order valence-electron chi connectivity index (χ3n) is 6.11. The first kappa shape index (κ1) is 22.8. The third-order valence-corrected chi connectivity index (χ3v) is 7.30. The first-order valence-electron chi connectivity index (χ1n) is 11.3. The summed E-state index contributed by atoms with van der Waals surface area (Å²) in [6, 6.07) is 15.1. The third kappa shape index (κ3) is 4.08. The van der Waals surface area contributed by atoms with E-state index in [9.17, 15) is 4.79 Å². The highest BCUT2D eigenvalue weighted by atomic mass is 32.1. The number of hydrogen-bond acceptors (Lipinski definition) is 6. The molecule has 35 heavy (non-hydrogen) atoms. The van der Waals surface area contributed by atoms with Gasteiger partial charge in [-0.15, -0.1) is 21.5 Å². The number of para-hydroxylation sites is 2. The van der Waals surface area contributed by atoms with E-state index in [0.717, 1.165) is 33.2 Å². The van der Waals surface area contributed by atoms with E-state index in [1.807, 2.05) is 23.6 Å². The molecule has 0 fully saturated rings. The van der Waals surface area contributed by atoms with Gasteiger partial charge in [0.1, 0.15) is 16.6 Å². The van der Waals surface area contributed by atoms with Gasteiger partial charge in [-0.05, 0) is 45.4 Å². The highest BCUT2D eigenvalue weighted by Gasteiger charge is 2.32. The second kappa shape index (κ2) is 8.99. The van der Waals surface area contributed by atoms with Gasteiger partial charge in [-0.2, -0.15) is 0 Å². The Labute approximate surface area is 207 Å².